The molecule has 2 aromatic heterocycles. The van der Waals surface area contributed by atoms with Gasteiger partial charge in [0.2, 0.25) is 5.88 Å². The number of nitriles is 2. The van der Waals surface area contributed by atoms with E-state index in [1.807, 2.05) is 54.6 Å². The molecule has 1 aliphatic rings. The van der Waals surface area contributed by atoms with Gasteiger partial charge in [-0.05, 0) is 18.4 Å². The number of benzene rings is 3. The summed E-state index contributed by atoms with van der Waals surface area (Å²) in [6, 6.07) is 22.4. The third kappa shape index (κ3) is 3.16. The van der Waals surface area contributed by atoms with E-state index in [0.717, 1.165) is 46.0 Å². The molecule has 0 amide bonds. The van der Waals surface area contributed by atoms with Crippen LogP contribution >= 0.6 is 0 Å². The number of furan rings is 1. The molecule has 34 heavy (non-hydrogen) atoms. The molecule has 6 heteroatoms. The highest BCUT2D eigenvalue weighted by molar-refractivity contribution is 6.26. The van der Waals surface area contributed by atoms with Gasteiger partial charge in [-0.15, -0.1) is 0 Å². The molecule has 0 unspecified atom stereocenters. The Balaban J connectivity index is 1.76. The van der Waals surface area contributed by atoms with Crippen molar-refractivity contribution in [3.8, 4) is 23.3 Å². The Morgan fingerprint density at radius 2 is 1.44 bits per heavy atom. The quantitative estimate of drug-likeness (QED) is 0.312. The first-order chi connectivity index (χ1) is 16.8. The second-order valence-electron chi connectivity index (χ2n) is 8.74. The van der Waals surface area contributed by atoms with Gasteiger partial charge in [-0.3, -0.25) is 0 Å². The van der Waals surface area contributed by atoms with Crippen molar-refractivity contribution in [2.75, 3.05) is 5.32 Å². The molecule has 0 bridgehead atoms. The van der Waals surface area contributed by atoms with Gasteiger partial charge in [0.1, 0.15) is 23.2 Å². The Morgan fingerprint density at radius 3 is 2.15 bits per heavy atom. The van der Waals surface area contributed by atoms with Crippen LogP contribution in [0.4, 0.5) is 5.88 Å². The van der Waals surface area contributed by atoms with Crippen molar-refractivity contribution in [1.29, 1.82) is 10.5 Å². The average Bonchev–Trinajstić information content (AvgIpc) is 3.28. The monoisotopic (exact) mass is 443 g/mol. The van der Waals surface area contributed by atoms with Gasteiger partial charge < -0.3 is 9.73 Å². The molecular formula is C28H21N5O. The predicted octanol–water partition coefficient (Wildman–Crippen LogP) is 6.68. The van der Waals surface area contributed by atoms with Crippen molar-refractivity contribution >= 4 is 38.7 Å². The van der Waals surface area contributed by atoms with Crippen LogP contribution in [0.5, 0.6) is 0 Å². The summed E-state index contributed by atoms with van der Waals surface area (Å²) in [6.45, 7) is 0. The molecule has 0 aliphatic heterocycles. The summed E-state index contributed by atoms with van der Waals surface area (Å²) < 4.78 is 6.58. The van der Waals surface area contributed by atoms with E-state index >= 15 is 0 Å². The Bertz CT molecular complexity index is 1630. The fraction of sp³-hybridized carbons (Fsp3) is 0.214. The smallest absolute Gasteiger partial charge is 0.202 e. The normalized spacial score (nSPS) is 14.3. The van der Waals surface area contributed by atoms with E-state index in [4.69, 9.17) is 4.42 Å². The van der Waals surface area contributed by atoms with Crippen molar-refractivity contribution < 1.29 is 4.42 Å². The van der Waals surface area contributed by atoms with Gasteiger partial charge in [-0.2, -0.15) is 10.5 Å². The van der Waals surface area contributed by atoms with Crippen molar-refractivity contribution in [3.05, 3.63) is 66.0 Å². The molecule has 6 nitrogen and oxygen atoms in total. The number of fused-ring (bicyclic) bond motifs is 6. The van der Waals surface area contributed by atoms with E-state index in [1.165, 1.54) is 19.3 Å². The van der Waals surface area contributed by atoms with Gasteiger partial charge in [0.25, 0.3) is 0 Å². The Labute approximate surface area is 196 Å². The average molecular weight is 444 g/mol. The summed E-state index contributed by atoms with van der Waals surface area (Å²) in [5, 5.41) is 25.5. The molecule has 1 saturated carbocycles. The van der Waals surface area contributed by atoms with E-state index in [-0.39, 0.29) is 11.4 Å². The minimum atomic E-state index is 0.0218. The minimum absolute atomic E-state index is 0.0218. The standard InChI is InChI=1S/C28H21N5O/c29-15-21-22(16-30)33-26-24-23(17-9-3-1-4-10-17)28(31-18-11-5-2-6-12-18)34-27(24)20-14-8-7-13-19(20)25(26)32-21/h1,3-4,7-10,13-14,18,31H,2,5-6,11-12H2. The van der Waals surface area contributed by atoms with Crippen molar-refractivity contribution in [2.24, 2.45) is 0 Å². The van der Waals surface area contributed by atoms with E-state index in [9.17, 15) is 10.5 Å². The number of aromatic nitrogens is 2. The van der Waals surface area contributed by atoms with Crippen molar-refractivity contribution in [3.63, 3.8) is 0 Å². The van der Waals surface area contributed by atoms with Gasteiger partial charge in [-0.25, -0.2) is 9.97 Å². The zero-order chi connectivity index (χ0) is 23.1. The first kappa shape index (κ1) is 20.2. The lowest BCUT2D eigenvalue weighted by Crippen LogP contribution is -2.22. The second-order valence-corrected chi connectivity index (χ2v) is 8.74. The number of hydrogen-bond donors (Lipinski definition) is 1. The third-order valence-electron chi connectivity index (χ3n) is 6.68. The van der Waals surface area contributed by atoms with E-state index in [1.54, 1.807) is 0 Å². The Hall–Kier alpha value is -4.42. The summed E-state index contributed by atoms with van der Waals surface area (Å²) >= 11 is 0. The van der Waals surface area contributed by atoms with Crippen molar-refractivity contribution in [2.45, 2.75) is 38.1 Å². The van der Waals surface area contributed by atoms with Crippen LogP contribution in [0.15, 0.2) is 59.0 Å². The van der Waals surface area contributed by atoms with Gasteiger partial charge in [0.05, 0.1) is 16.5 Å². The molecular weight excluding hydrogens is 422 g/mol. The second kappa shape index (κ2) is 8.17. The van der Waals surface area contributed by atoms with Crippen LogP contribution in [-0.2, 0) is 0 Å². The summed E-state index contributed by atoms with van der Waals surface area (Å²) in [6.07, 6.45) is 5.90. The van der Waals surface area contributed by atoms with Gasteiger partial charge in [0.15, 0.2) is 11.4 Å². The number of rotatable bonds is 3. The molecule has 0 atom stereocenters. The first-order valence-corrected chi connectivity index (χ1v) is 11.6. The maximum atomic E-state index is 9.66. The molecule has 6 rings (SSSR count). The summed E-state index contributed by atoms with van der Waals surface area (Å²) in [5.74, 6) is 0.718. The van der Waals surface area contributed by atoms with E-state index in [2.05, 4.69) is 27.4 Å². The maximum absolute atomic E-state index is 9.66. The molecule has 0 radical (unpaired) electrons. The zero-order valence-electron chi connectivity index (χ0n) is 18.5. The van der Waals surface area contributed by atoms with E-state index in [0.29, 0.717) is 22.7 Å². The molecule has 0 spiro atoms. The first-order valence-electron chi connectivity index (χ1n) is 11.6. The summed E-state index contributed by atoms with van der Waals surface area (Å²) in [5.41, 5.74) is 3.85. The SMILES string of the molecule is N#Cc1nc2c3ccccc3c3oc(NC4CCCCC4)c(-c4ccccc4)c3c2nc1C#N. The van der Waals surface area contributed by atoms with Gasteiger partial charge in [0, 0.05) is 16.8 Å². The van der Waals surface area contributed by atoms with Crippen LogP contribution in [0, 0.1) is 22.7 Å². The molecule has 5 aromatic rings. The Morgan fingerprint density at radius 1 is 0.794 bits per heavy atom. The molecule has 0 saturated heterocycles. The lowest BCUT2D eigenvalue weighted by molar-refractivity contribution is 0.453. The summed E-state index contributed by atoms with van der Waals surface area (Å²) in [4.78, 5) is 9.25. The number of nitrogens with zero attached hydrogens (tertiary/aromatic N) is 4. The van der Waals surface area contributed by atoms with Crippen LogP contribution < -0.4 is 5.32 Å². The minimum Gasteiger partial charge on any atom is -0.439 e. The topological polar surface area (TPSA) is 98.5 Å². The van der Waals surface area contributed by atoms with Crippen LogP contribution in [-0.4, -0.2) is 16.0 Å². The number of hydrogen-bond acceptors (Lipinski definition) is 6. The fourth-order valence-corrected chi connectivity index (χ4v) is 5.10. The van der Waals surface area contributed by atoms with Crippen LogP contribution in [0.1, 0.15) is 43.5 Å². The maximum Gasteiger partial charge on any atom is 0.202 e. The molecule has 1 aliphatic carbocycles. The van der Waals surface area contributed by atoms with Crippen LogP contribution in [0.25, 0.3) is 43.9 Å². The van der Waals surface area contributed by atoms with Crippen molar-refractivity contribution in [1.82, 2.24) is 9.97 Å². The lowest BCUT2D eigenvalue weighted by Gasteiger charge is -2.23. The number of anilines is 1. The fourth-order valence-electron chi connectivity index (χ4n) is 5.10. The van der Waals surface area contributed by atoms with Crippen LogP contribution in [0.2, 0.25) is 0 Å². The van der Waals surface area contributed by atoms with E-state index < -0.39 is 0 Å². The Kier molecular flexibility index (Phi) is 4.86. The molecule has 1 N–H and O–H groups in total. The highest BCUT2D eigenvalue weighted by Gasteiger charge is 2.26. The molecule has 164 valence electrons. The number of nitrogens with one attached hydrogen (secondary N) is 1. The lowest BCUT2D eigenvalue weighted by atomic mass is 9.95. The zero-order valence-corrected chi connectivity index (χ0v) is 18.5. The largest absolute Gasteiger partial charge is 0.439 e. The third-order valence-corrected chi connectivity index (χ3v) is 6.68. The highest BCUT2D eigenvalue weighted by Crippen LogP contribution is 2.45. The highest BCUT2D eigenvalue weighted by atomic mass is 16.4. The van der Waals surface area contributed by atoms with Gasteiger partial charge in [-0.1, -0.05) is 73.9 Å². The predicted molar refractivity (Wildman–Crippen MR) is 132 cm³/mol. The molecule has 1 fully saturated rings. The van der Waals surface area contributed by atoms with Crippen LogP contribution in [0.3, 0.4) is 0 Å². The summed E-state index contributed by atoms with van der Waals surface area (Å²) in [7, 11) is 0. The molecule has 2 heterocycles. The van der Waals surface area contributed by atoms with Gasteiger partial charge >= 0.3 is 0 Å². The molecule has 3 aromatic carbocycles.